The van der Waals surface area contributed by atoms with Gasteiger partial charge in [-0.2, -0.15) is 0 Å². The van der Waals surface area contributed by atoms with Gasteiger partial charge in [0.2, 0.25) is 0 Å². The van der Waals surface area contributed by atoms with Crippen LogP contribution in [0.1, 0.15) is 27.5 Å². The fourth-order valence-electron chi connectivity index (χ4n) is 3.47. The van der Waals surface area contributed by atoms with Crippen LogP contribution in [-0.2, 0) is 0 Å². The maximum atomic E-state index is 11.6. The molecule has 3 aromatic carbocycles. The molecule has 0 amide bonds. The number of aromatic nitrogens is 1. The highest BCUT2D eigenvalue weighted by atomic mass is 16.6. The molecule has 0 atom stereocenters. The summed E-state index contributed by atoms with van der Waals surface area (Å²) in [5.41, 5.74) is 3.32. The van der Waals surface area contributed by atoms with Crippen LogP contribution in [0.3, 0.4) is 0 Å². The smallest absolute Gasteiger partial charge is 0.270 e. The lowest BCUT2D eigenvalue weighted by Gasteiger charge is -2.21. The average Bonchev–Trinajstić information content (AvgIpc) is 3.07. The fourth-order valence-corrected chi connectivity index (χ4v) is 3.47. The van der Waals surface area contributed by atoms with E-state index in [1.807, 2.05) is 65.2 Å². The van der Waals surface area contributed by atoms with Gasteiger partial charge in [-0.05, 0) is 17.2 Å². The van der Waals surface area contributed by atoms with Crippen molar-refractivity contribution in [2.45, 2.75) is 6.04 Å². The van der Waals surface area contributed by atoms with Gasteiger partial charge >= 0.3 is 0 Å². The fraction of sp³-hybridized carbons (Fsp3) is 0.0455. The molecule has 0 aliphatic carbocycles. The van der Waals surface area contributed by atoms with Gasteiger partial charge in [0, 0.05) is 29.3 Å². The van der Waals surface area contributed by atoms with E-state index in [1.54, 1.807) is 12.3 Å². The molecule has 0 saturated carbocycles. The summed E-state index contributed by atoms with van der Waals surface area (Å²) in [5.74, 6) is 0. The molecule has 0 spiro atoms. The lowest BCUT2D eigenvalue weighted by Crippen LogP contribution is -2.11. The van der Waals surface area contributed by atoms with Crippen LogP contribution in [0.2, 0.25) is 0 Å². The van der Waals surface area contributed by atoms with Crippen molar-refractivity contribution in [1.82, 2.24) is 4.57 Å². The van der Waals surface area contributed by atoms with E-state index >= 15 is 0 Å². The molecule has 0 unspecified atom stereocenters. The summed E-state index contributed by atoms with van der Waals surface area (Å²) in [5, 5.41) is 11.7. The van der Waals surface area contributed by atoms with E-state index in [4.69, 9.17) is 0 Å². The molecule has 0 N–H and O–H groups in total. The van der Waals surface area contributed by atoms with Crippen molar-refractivity contribution in [2.75, 3.05) is 0 Å². The second-order valence-electron chi connectivity index (χ2n) is 6.29. The van der Waals surface area contributed by atoms with Gasteiger partial charge in [0.15, 0.2) is 6.29 Å². The van der Waals surface area contributed by atoms with Crippen molar-refractivity contribution in [3.05, 3.63) is 112 Å². The Labute approximate surface area is 155 Å². The molecule has 5 heteroatoms. The third-order valence-electron chi connectivity index (χ3n) is 4.69. The maximum Gasteiger partial charge on any atom is 0.270 e. The van der Waals surface area contributed by atoms with E-state index in [0.29, 0.717) is 10.9 Å². The minimum absolute atomic E-state index is 0.0284. The van der Waals surface area contributed by atoms with Crippen LogP contribution in [0, 0.1) is 10.1 Å². The quantitative estimate of drug-likeness (QED) is 0.287. The van der Waals surface area contributed by atoms with Gasteiger partial charge in [0.1, 0.15) is 0 Å². The first kappa shape index (κ1) is 16.7. The van der Waals surface area contributed by atoms with Crippen molar-refractivity contribution in [2.24, 2.45) is 0 Å². The van der Waals surface area contributed by atoms with Crippen LogP contribution in [0.15, 0.2) is 85.1 Å². The first-order valence-corrected chi connectivity index (χ1v) is 8.53. The topological polar surface area (TPSA) is 65.1 Å². The minimum atomic E-state index is -0.447. The highest BCUT2D eigenvalue weighted by Crippen LogP contribution is 2.33. The van der Waals surface area contributed by atoms with Gasteiger partial charge in [-0.25, -0.2) is 0 Å². The monoisotopic (exact) mass is 356 g/mol. The molecule has 0 aliphatic rings. The molecule has 1 heterocycles. The van der Waals surface area contributed by atoms with E-state index in [0.717, 1.165) is 22.9 Å². The SMILES string of the molecule is O=Cc1cn(C(c2ccccc2)c2ccccc2)c2ccc([N+](=O)[O-])cc12. The van der Waals surface area contributed by atoms with Crippen molar-refractivity contribution in [3.63, 3.8) is 0 Å². The zero-order chi connectivity index (χ0) is 18.8. The lowest BCUT2D eigenvalue weighted by molar-refractivity contribution is -0.384. The Morgan fingerprint density at radius 1 is 0.889 bits per heavy atom. The van der Waals surface area contributed by atoms with E-state index in [-0.39, 0.29) is 11.7 Å². The van der Waals surface area contributed by atoms with E-state index in [2.05, 4.69) is 0 Å². The highest BCUT2D eigenvalue weighted by Gasteiger charge is 2.21. The summed E-state index contributed by atoms with van der Waals surface area (Å²) in [6.07, 6.45) is 2.52. The molecular formula is C22H16N2O3. The number of aldehydes is 1. The number of nitro groups is 1. The molecular weight excluding hydrogens is 340 g/mol. The third kappa shape index (κ3) is 3.00. The Morgan fingerprint density at radius 2 is 1.48 bits per heavy atom. The van der Waals surface area contributed by atoms with Gasteiger partial charge in [0.25, 0.3) is 5.69 Å². The largest absolute Gasteiger partial charge is 0.335 e. The summed E-state index contributed by atoms with van der Waals surface area (Å²) in [4.78, 5) is 22.3. The summed E-state index contributed by atoms with van der Waals surface area (Å²) < 4.78 is 2.01. The third-order valence-corrected chi connectivity index (χ3v) is 4.69. The van der Waals surface area contributed by atoms with Crippen LogP contribution in [0.25, 0.3) is 10.9 Å². The van der Waals surface area contributed by atoms with Crippen molar-refractivity contribution in [1.29, 1.82) is 0 Å². The predicted molar refractivity (Wildman–Crippen MR) is 104 cm³/mol. The maximum absolute atomic E-state index is 11.6. The second-order valence-corrected chi connectivity index (χ2v) is 6.29. The number of benzene rings is 3. The first-order chi connectivity index (χ1) is 13.2. The minimum Gasteiger partial charge on any atom is -0.335 e. The van der Waals surface area contributed by atoms with Crippen LogP contribution in [0.5, 0.6) is 0 Å². The predicted octanol–water partition coefficient (Wildman–Crippen LogP) is 5.00. The molecule has 4 aromatic rings. The summed E-state index contributed by atoms with van der Waals surface area (Å²) >= 11 is 0. The number of carbonyl (C=O) groups excluding carboxylic acids is 1. The number of nitro benzene ring substituents is 1. The number of rotatable bonds is 5. The Kier molecular flexibility index (Phi) is 4.26. The standard InChI is InChI=1S/C22H16N2O3/c25-15-18-14-23(21-12-11-19(24(26)27)13-20(18)21)22(16-7-3-1-4-8-16)17-9-5-2-6-10-17/h1-15,22H. The molecule has 0 radical (unpaired) electrons. The molecule has 4 rings (SSSR count). The van der Waals surface area contributed by atoms with E-state index < -0.39 is 4.92 Å². The molecule has 27 heavy (non-hydrogen) atoms. The molecule has 0 aliphatic heterocycles. The molecule has 0 fully saturated rings. The number of hydrogen-bond donors (Lipinski definition) is 0. The van der Waals surface area contributed by atoms with E-state index in [1.165, 1.54) is 12.1 Å². The zero-order valence-electron chi connectivity index (χ0n) is 14.4. The van der Waals surface area contributed by atoms with Crippen molar-refractivity contribution >= 4 is 22.9 Å². The Morgan fingerprint density at radius 3 is 2.00 bits per heavy atom. The first-order valence-electron chi connectivity index (χ1n) is 8.53. The van der Waals surface area contributed by atoms with Crippen LogP contribution in [0.4, 0.5) is 5.69 Å². The van der Waals surface area contributed by atoms with Gasteiger partial charge < -0.3 is 4.57 Å². The Bertz CT molecular complexity index is 1080. The van der Waals surface area contributed by atoms with Gasteiger partial charge in [-0.1, -0.05) is 60.7 Å². The summed E-state index contributed by atoms with van der Waals surface area (Å²) in [7, 11) is 0. The van der Waals surface area contributed by atoms with Crippen molar-refractivity contribution < 1.29 is 9.72 Å². The molecule has 5 nitrogen and oxygen atoms in total. The highest BCUT2D eigenvalue weighted by molar-refractivity contribution is 5.98. The number of fused-ring (bicyclic) bond motifs is 1. The number of hydrogen-bond acceptors (Lipinski definition) is 3. The summed E-state index contributed by atoms with van der Waals surface area (Å²) in [6, 6.07) is 24.5. The summed E-state index contributed by atoms with van der Waals surface area (Å²) in [6.45, 7) is 0. The molecule has 0 bridgehead atoms. The Balaban J connectivity index is 1.99. The average molecular weight is 356 g/mol. The second kappa shape index (κ2) is 6.88. The van der Waals surface area contributed by atoms with Crippen LogP contribution < -0.4 is 0 Å². The van der Waals surface area contributed by atoms with Crippen molar-refractivity contribution in [3.8, 4) is 0 Å². The number of non-ortho nitro benzene ring substituents is 1. The Hall–Kier alpha value is -3.73. The number of nitrogens with zero attached hydrogens (tertiary/aromatic N) is 2. The normalized spacial score (nSPS) is 11.0. The van der Waals surface area contributed by atoms with Gasteiger partial charge in [-0.15, -0.1) is 0 Å². The van der Waals surface area contributed by atoms with Crippen LogP contribution in [-0.4, -0.2) is 15.8 Å². The van der Waals surface area contributed by atoms with Crippen LogP contribution >= 0.6 is 0 Å². The molecule has 1 aromatic heterocycles. The molecule has 0 saturated heterocycles. The number of carbonyl (C=O) groups is 1. The molecule has 132 valence electrons. The zero-order valence-corrected chi connectivity index (χ0v) is 14.4. The van der Waals surface area contributed by atoms with E-state index in [9.17, 15) is 14.9 Å². The van der Waals surface area contributed by atoms with Gasteiger partial charge in [0.05, 0.1) is 16.5 Å². The lowest BCUT2D eigenvalue weighted by atomic mass is 9.98. The van der Waals surface area contributed by atoms with Gasteiger partial charge in [-0.3, -0.25) is 14.9 Å².